The maximum Gasteiger partial charge on any atom is 0.239 e. The fourth-order valence-electron chi connectivity index (χ4n) is 2.09. The molecule has 0 saturated carbocycles. The van der Waals surface area contributed by atoms with Gasteiger partial charge in [0.1, 0.15) is 0 Å². The molecule has 0 spiro atoms. The van der Waals surface area contributed by atoms with Crippen molar-refractivity contribution in [1.29, 1.82) is 0 Å². The third-order valence-corrected chi connectivity index (χ3v) is 3.11. The Labute approximate surface area is 85.2 Å². The van der Waals surface area contributed by atoms with Crippen molar-refractivity contribution in [2.45, 2.75) is 32.2 Å². The van der Waals surface area contributed by atoms with Crippen molar-refractivity contribution in [3.8, 4) is 0 Å². The quantitative estimate of drug-likeness (QED) is 0.629. The molecule has 3 heteroatoms. The van der Waals surface area contributed by atoms with Crippen molar-refractivity contribution in [2.24, 2.45) is 0 Å². The normalized spacial score (nSPS) is 27.6. The molecule has 0 aromatic carbocycles. The van der Waals surface area contributed by atoms with Gasteiger partial charge in [-0.2, -0.15) is 0 Å². The van der Waals surface area contributed by atoms with E-state index in [1.54, 1.807) is 0 Å². The van der Waals surface area contributed by atoms with E-state index in [1.165, 1.54) is 5.57 Å². The van der Waals surface area contributed by atoms with Crippen LogP contribution in [0, 0.1) is 0 Å². The third-order valence-electron chi connectivity index (χ3n) is 3.11. The second-order valence-electron chi connectivity index (χ2n) is 4.23. The molecule has 1 N–H and O–H groups in total. The Balaban J connectivity index is 1.92. The topological polar surface area (TPSA) is 32.3 Å². The largest absolute Gasteiger partial charge is 0.337 e. The number of nitrogens with one attached hydrogen (secondary N) is 1. The average molecular weight is 194 g/mol. The summed E-state index contributed by atoms with van der Waals surface area (Å²) < 4.78 is 0. The molecular weight excluding hydrogens is 176 g/mol. The summed E-state index contributed by atoms with van der Waals surface area (Å²) >= 11 is 0. The van der Waals surface area contributed by atoms with Crippen LogP contribution < -0.4 is 5.32 Å². The highest BCUT2D eigenvalue weighted by Crippen LogP contribution is 2.14. The van der Waals surface area contributed by atoms with Gasteiger partial charge in [0, 0.05) is 13.1 Å². The van der Waals surface area contributed by atoms with Crippen molar-refractivity contribution in [1.82, 2.24) is 10.2 Å². The minimum Gasteiger partial charge on any atom is -0.337 e. The van der Waals surface area contributed by atoms with Crippen LogP contribution in [0.1, 0.15) is 26.2 Å². The number of hydrogen-bond acceptors (Lipinski definition) is 2. The van der Waals surface area contributed by atoms with Crippen molar-refractivity contribution in [3.05, 3.63) is 11.6 Å². The molecule has 2 aliphatic rings. The summed E-state index contributed by atoms with van der Waals surface area (Å²) in [4.78, 5) is 13.9. The number of amides is 1. The molecular formula is C11H18N2O. The number of hydrogen-bond donors (Lipinski definition) is 1. The van der Waals surface area contributed by atoms with Crippen molar-refractivity contribution in [2.75, 3.05) is 19.6 Å². The Morgan fingerprint density at radius 2 is 2.50 bits per heavy atom. The average Bonchev–Trinajstić information content (AvgIpc) is 2.71. The van der Waals surface area contributed by atoms with E-state index in [2.05, 4.69) is 18.3 Å². The highest BCUT2D eigenvalue weighted by Gasteiger charge is 2.26. The van der Waals surface area contributed by atoms with Gasteiger partial charge in [0.15, 0.2) is 0 Å². The zero-order valence-corrected chi connectivity index (χ0v) is 8.75. The van der Waals surface area contributed by atoms with Gasteiger partial charge in [-0.3, -0.25) is 4.79 Å². The maximum absolute atomic E-state index is 11.9. The van der Waals surface area contributed by atoms with E-state index in [0.29, 0.717) is 5.91 Å². The summed E-state index contributed by atoms with van der Waals surface area (Å²) in [6, 6.07) is 0.0989. The number of carbonyl (C=O) groups excluding carboxylic acids is 1. The van der Waals surface area contributed by atoms with Gasteiger partial charge in [-0.05, 0) is 32.7 Å². The molecule has 2 aliphatic heterocycles. The molecule has 1 atom stereocenters. The zero-order chi connectivity index (χ0) is 9.97. The highest BCUT2D eigenvalue weighted by molar-refractivity contribution is 5.82. The van der Waals surface area contributed by atoms with Gasteiger partial charge in [-0.25, -0.2) is 0 Å². The van der Waals surface area contributed by atoms with Crippen LogP contribution in [0.5, 0.6) is 0 Å². The molecule has 0 aromatic heterocycles. The van der Waals surface area contributed by atoms with Gasteiger partial charge in [0.2, 0.25) is 5.91 Å². The van der Waals surface area contributed by atoms with Crippen LogP contribution in [0.15, 0.2) is 11.6 Å². The molecule has 78 valence electrons. The van der Waals surface area contributed by atoms with Gasteiger partial charge in [0.25, 0.3) is 0 Å². The fraction of sp³-hybridized carbons (Fsp3) is 0.727. The molecule has 0 bridgehead atoms. The van der Waals surface area contributed by atoms with Crippen molar-refractivity contribution in [3.63, 3.8) is 0 Å². The van der Waals surface area contributed by atoms with Crippen molar-refractivity contribution < 1.29 is 4.79 Å². The van der Waals surface area contributed by atoms with E-state index in [4.69, 9.17) is 0 Å². The van der Waals surface area contributed by atoms with Gasteiger partial charge in [-0.15, -0.1) is 0 Å². The Morgan fingerprint density at radius 3 is 3.07 bits per heavy atom. The molecule has 0 aliphatic carbocycles. The second kappa shape index (κ2) is 4.13. The molecule has 2 rings (SSSR count). The molecule has 14 heavy (non-hydrogen) atoms. The van der Waals surface area contributed by atoms with Crippen LogP contribution in [-0.2, 0) is 4.79 Å². The number of rotatable bonds is 1. The summed E-state index contributed by atoms with van der Waals surface area (Å²) in [5.74, 6) is 0.297. The number of nitrogens with zero attached hydrogens (tertiary/aromatic N) is 1. The van der Waals surface area contributed by atoms with Gasteiger partial charge >= 0.3 is 0 Å². The highest BCUT2D eigenvalue weighted by atomic mass is 16.2. The van der Waals surface area contributed by atoms with E-state index < -0.39 is 0 Å². The zero-order valence-electron chi connectivity index (χ0n) is 8.75. The Morgan fingerprint density at radius 1 is 1.64 bits per heavy atom. The van der Waals surface area contributed by atoms with Crippen LogP contribution in [0.2, 0.25) is 0 Å². The van der Waals surface area contributed by atoms with E-state index in [1.807, 2.05) is 4.90 Å². The first-order chi connectivity index (χ1) is 6.77. The lowest BCUT2D eigenvalue weighted by Crippen LogP contribution is -2.45. The van der Waals surface area contributed by atoms with Crippen LogP contribution in [0.3, 0.4) is 0 Å². The molecule has 0 aromatic rings. The first-order valence-electron chi connectivity index (χ1n) is 5.45. The summed E-state index contributed by atoms with van der Waals surface area (Å²) in [6.45, 7) is 4.84. The molecule has 3 nitrogen and oxygen atoms in total. The molecule has 1 unspecified atom stereocenters. The first kappa shape index (κ1) is 9.71. The predicted molar refractivity (Wildman–Crippen MR) is 56.0 cm³/mol. The standard InChI is InChI=1S/C11H18N2O/c1-9-4-7-13(8-5-9)11(14)10-3-2-6-12-10/h4,10,12H,2-3,5-8H2,1H3. The summed E-state index contributed by atoms with van der Waals surface area (Å²) in [6.07, 6.45) is 5.35. The minimum absolute atomic E-state index is 0.0989. The number of carbonyl (C=O) groups is 1. The van der Waals surface area contributed by atoms with E-state index >= 15 is 0 Å². The lowest BCUT2D eigenvalue weighted by atomic mass is 10.1. The Bertz CT molecular complexity index is 254. The van der Waals surface area contributed by atoms with E-state index in [9.17, 15) is 4.79 Å². The van der Waals surface area contributed by atoms with Crippen LogP contribution in [0.4, 0.5) is 0 Å². The van der Waals surface area contributed by atoms with Crippen LogP contribution in [0.25, 0.3) is 0 Å². The lowest BCUT2D eigenvalue weighted by Gasteiger charge is -2.28. The summed E-state index contributed by atoms with van der Waals surface area (Å²) in [5.41, 5.74) is 1.41. The van der Waals surface area contributed by atoms with Crippen molar-refractivity contribution >= 4 is 5.91 Å². The molecule has 2 heterocycles. The van der Waals surface area contributed by atoms with Crippen LogP contribution in [-0.4, -0.2) is 36.5 Å². The molecule has 1 fully saturated rings. The summed E-state index contributed by atoms with van der Waals surface area (Å²) in [5, 5.41) is 3.25. The fourth-order valence-corrected chi connectivity index (χ4v) is 2.09. The van der Waals surface area contributed by atoms with Crippen LogP contribution >= 0.6 is 0 Å². The third kappa shape index (κ3) is 1.98. The molecule has 1 amide bonds. The van der Waals surface area contributed by atoms with E-state index in [-0.39, 0.29) is 6.04 Å². The SMILES string of the molecule is CC1=CCN(C(=O)C2CCCN2)CC1. The Hall–Kier alpha value is -0.830. The maximum atomic E-state index is 11.9. The van der Waals surface area contributed by atoms with E-state index in [0.717, 1.165) is 38.9 Å². The predicted octanol–water partition coefficient (Wildman–Crippen LogP) is 0.917. The Kier molecular flexibility index (Phi) is 2.87. The molecule has 0 radical (unpaired) electrons. The van der Waals surface area contributed by atoms with Gasteiger partial charge in [-0.1, -0.05) is 11.6 Å². The molecule has 1 saturated heterocycles. The van der Waals surface area contributed by atoms with Gasteiger partial charge < -0.3 is 10.2 Å². The monoisotopic (exact) mass is 194 g/mol. The minimum atomic E-state index is 0.0989. The summed E-state index contributed by atoms with van der Waals surface area (Å²) in [7, 11) is 0. The van der Waals surface area contributed by atoms with Gasteiger partial charge in [0.05, 0.1) is 6.04 Å². The second-order valence-corrected chi connectivity index (χ2v) is 4.23. The smallest absolute Gasteiger partial charge is 0.239 e. The first-order valence-corrected chi connectivity index (χ1v) is 5.45. The lowest BCUT2D eigenvalue weighted by molar-refractivity contribution is -0.132.